The Kier molecular flexibility index (Phi) is 5.26. The minimum Gasteiger partial charge on any atom is -0.371 e. The van der Waals surface area contributed by atoms with E-state index in [9.17, 15) is 4.79 Å². The monoisotopic (exact) mass is 260 g/mol. The van der Waals surface area contributed by atoms with Gasteiger partial charge in [-0.25, -0.2) is 0 Å². The fourth-order valence-electron chi connectivity index (χ4n) is 1.36. The zero-order chi connectivity index (χ0) is 12.1. The number of ketones is 1. The maximum Gasteiger partial charge on any atom is 0.165 e. The number of rotatable bonds is 5. The fourth-order valence-corrected chi connectivity index (χ4v) is 1.75. The lowest BCUT2D eigenvalue weighted by atomic mass is 10.1. The summed E-state index contributed by atoms with van der Waals surface area (Å²) in [5.74, 6) is 0.00557. The van der Waals surface area contributed by atoms with Crippen molar-refractivity contribution < 1.29 is 9.53 Å². The van der Waals surface area contributed by atoms with E-state index in [4.69, 9.17) is 27.9 Å². The quantitative estimate of drug-likeness (QED) is 0.810. The van der Waals surface area contributed by atoms with Crippen LogP contribution < -0.4 is 0 Å². The molecule has 0 bridgehead atoms. The van der Waals surface area contributed by atoms with Crippen LogP contribution in [0.15, 0.2) is 18.2 Å². The molecule has 0 spiro atoms. The second kappa shape index (κ2) is 6.24. The number of hydrogen-bond acceptors (Lipinski definition) is 2. The molecule has 1 aromatic carbocycles. The Balaban J connectivity index is 2.73. The molecule has 0 aliphatic heterocycles. The molecule has 0 aliphatic rings. The second-order valence-corrected chi connectivity index (χ2v) is 4.24. The first-order valence-corrected chi connectivity index (χ1v) is 5.89. The van der Waals surface area contributed by atoms with Gasteiger partial charge in [0.25, 0.3) is 0 Å². The van der Waals surface area contributed by atoms with Gasteiger partial charge in [-0.1, -0.05) is 35.3 Å². The summed E-state index contributed by atoms with van der Waals surface area (Å²) in [6.07, 6.45) is -0.152. The Morgan fingerprint density at radius 2 is 2.12 bits per heavy atom. The molecule has 0 aromatic heterocycles. The van der Waals surface area contributed by atoms with Gasteiger partial charge in [0, 0.05) is 13.0 Å². The van der Waals surface area contributed by atoms with Crippen molar-refractivity contribution in [2.24, 2.45) is 0 Å². The maximum absolute atomic E-state index is 11.7. The minimum absolute atomic E-state index is 0.00557. The smallest absolute Gasteiger partial charge is 0.165 e. The van der Waals surface area contributed by atoms with E-state index in [1.54, 1.807) is 25.1 Å². The number of halogens is 2. The summed E-state index contributed by atoms with van der Waals surface area (Å²) in [6.45, 7) is 4.12. The Hall–Kier alpha value is -0.570. The summed E-state index contributed by atoms with van der Waals surface area (Å²) >= 11 is 11.9. The predicted octanol–water partition coefficient (Wildman–Crippen LogP) is 3.53. The Labute approximate surface area is 106 Å². The molecule has 0 fully saturated rings. The molecule has 0 saturated heterocycles. The average molecular weight is 261 g/mol. The minimum atomic E-state index is -0.403. The van der Waals surface area contributed by atoms with Crippen LogP contribution in [-0.4, -0.2) is 18.5 Å². The van der Waals surface area contributed by atoms with E-state index in [-0.39, 0.29) is 12.2 Å². The van der Waals surface area contributed by atoms with Gasteiger partial charge in [-0.05, 0) is 25.5 Å². The van der Waals surface area contributed by atoms with Crippen LogP contribution in [0, 0.1) is 0 Å². The van der Waals surface area contributed by atoms with Crippen molar-refractivity contribution in [2.45, 2.75) is 26.4 Å². The molecule has 0 aliphatic carbocycles. The number of Topliss-reactive ketones (excluding diaryl/α,β-unsaturated/α-hetero) is 1. The van der Waals surface area contributed by atoms with E-state index in [0.717, 1.165) is 5.56 Å². The third-order valence-electron chi connectivity index (χ3n) is 2.27. The summed E-state index contributed by atoms with van der Waals surface area (Å²) < 4.78 is 5.22. The highest BCUT2D eigenvalue weighted by molar-refractivity contribution is 6.42. The summed E-state index contributed by atoms with van der Waals surface area (Å²) in [5.41, 5.74) is 0.741. The molecule has 0 heterocycles. The van der Waals surface area contributed by atoms with Crippen LogP contribution >= 0.6 is 23.2 Å². The van der Waals surface area contributed by atoms with E-state index >= 15 is 0 Å². The molecule has 0 amide bonds. The molecule has 1 unspecified atom stereocenters. The number of hydrogen-bond donors (Lipinski definition) is 0. The number of benzene rings is 1. The zero-order valence-electron chi connectivity index (χ0n) is 9.30. The van der Waals surface area contributed by atoms with E-state index < -0.39 is 6.10 Å². The van der Waals surface area contributed by atoms with Gasteiger partial charge in [-0.15, -0.1) is 0 Å². The molecule has 1 rings (SSSR count). The molecule has 1 atom stereocenters. The predicted molar refractivity (Wildman–Crippen MR) is 66.3 cm³/mol. The zero-order valence-corrected chi connectivity index (χ0v) is 10.8. The van der Waals surface area contributed by atoms with Crippen LogP contribution in [0.4, 0.5) is 0 Å². The van der Waals surface area contributed by atoms with Gasteiger partial charge in [0.1, 0.15) is 6.10 Å². The van der Waals surface area contributed by atoms with Crippen molar-refractivity contribution in [3.05, 3.63) is 33.8 Å². The van der Waals surface area contributed by atoms with Crippen molar-refractivity contribution in [1.82, 2.24) is 0 Å². The number of carbonyl (C=O) groups excluding carboxylic acids is 1. The van der Waals surface area contributed by atoms with Crippen LogP contribution in [0.3, 0.4) is 0 Å². The number of ether oxygens (including phenoxy) is 1. The first kappa shape index (κ1) is 13.5. The molecular formula is C12H14Cl2O2. The SMILES string of the molecule is CCOC(C)C(=O)Cc1cccc(Cl)c1Cl. The summed E-state index contributed by atoms with van der Waals surface area (Å²) in [7, 11) is 0. The average Bonchev–Trinajstić information content (AvgIpc) is 2.25. The highest BCUT2D eigenvalue weighted by Crippen LogP contribution is 2.26. The van der Waals surface area contributed by atoms with E-state index in [1.807, 2.05) is 6.92 Å². The van der Waals surface area contributed by atoms with Crippen LogP contribution in [-0.2, 0) is 16.0 Å². The summed E-state index contributed by atoms with van der Waals surface area (Å²) in [6, 6.07) is 5.27. The van der Waals surface area contributed by atoms with Gasteiger partial charge in [-0.3, -0.25) is 4.79 Å². The first-order chi connectivity index (χ1) is 7.56. The van der Waals surface area contributed by atoms with Crippen LogP contribution in [0.2, 0.25) is 10.0 Å². The van der Waals surface area contributed by atoms with Crippen molar-refractivity contribution >= 4 is 29.0 Å². The Bertz CT molecular complexity index is 377. The normalized spacial score (nSPS) is 12.5. The summed E-state index contributed by atoms with van der Waals surface area (Å²) in [5, 5.41) is 0.914. The van der Waals surface area contributed by atoms with Crippen LogP contribution in [0.1, 0.15) is 19.4 Å². The van der Waals surface area contributed by atoms with Gasteiger partial charge >= 0.3 is 0 Å². The van der Waals surface area contributed by atoms with Crippen LogP contribution in [0.25, 0.3) is 0 Å². The maximum atomic E-state index is 11.7. The highest BCUT2D eigenvalue weighted by atomic mass is 35.5. The van der Waals surface area contributed by atoms with Crippen LogP contribution in [0.5, 0.6) is 0 Å². The molecule has 0 N–H and O–H groups in total. The molecule has 4 heteroatoms. The summed E-state index contributed by atoms with van der Waals surface area (Å²) in [4.78, 5) is 11.7. The highest BCUT2D eigenvalue weighted by Gasteiger charge is 2.15. The van der Waals surface area contributed by atoms with E-state index in [1.165, 1.54) is 0 Å². The lowest BCUT2D eigenvalue weighted by Gasteiger charge is -2.11. The topological polar surface area (TPSA) is 26.3 Å². The first-order valence-electron chi connectivity index (χ1n) is 5.13. The van der Waals surface area contributed by atoms with Gasteiger partial charge < -0.3 is 4.74 Å². The van der Waals surface area contributed by atoms with Gasteiger partial charge in [0.05, 0.1) is 10.0 Å². The van der Waals surface area contributed by atoms with Crippen molar-refractivity contribution in [1.29, 1.82) is 0 Å². The van der Waals surface area contributed by atoms with Gasteiger partial charge in [0.2, 0.25) is 0 Å². The lowest BCUT2D eigenvalue weighted by Crippen LogP contribution is -2.22. The second-order valence-electron chi connectivity index (χ2n) is 3.45. The van der Waals surface area contributed by atoms with E-state index in [2.05, 4.69) is 0 Å². The van der Waals surface area contributed by atoms with Crippen molar-refractivity contribution in [3.8, 4) is 0 Å². The molecule has 0 saturated carbocycles. The third kappa shape index (κ3) is 3.48. The molecule has 2 nitrogen and oxygen atoms in total. The third-order valence-corrected chi connectivity index (χ3v) is 3.12. The molecule has 16 heavy (non-hydrogen) atoms. The molecular weight excluding hydrogens is 247 g/mol. The molecule has 1 aromatic rings. The van der Waals surface area contributed by atoms with E-state index in [0.29, 0.717) is 16.7 Å². The molecule has 88 valence electrons. The largest absolute Gasteiger partial charge is 0.371 e. The number of carbonyl (C=O) groups is 1. The fraction of sp³-hybridized carbons (Fsp3) is 0.417. The van der Waals surface area contributed by atoms with Crippen molar-refractivity contribution in [3.63, 3.8) is 0 Å². The molecule has 0 radical (unpaired) electrons. The Morgan fingerprint density at radius 3 is 2.75 bits per heavy atom. The standard InChI is InChI=1S/C12H14Cl2O2/c1-3-16-8(2)11(15)7-9-5-4-6-10(13)12(9)14/h4-6,8H,3,7H2,1-2H3. The van der Waals surface area contributed by atoms with Gasteiger partial charge in [-0.2, -0.15) is 0 Å². The van der Waals surface area contributed by atoms with Gasteiger partial charge in [0.15, 0.2) is 5.78 Å². The Morgan fingerprint density at radius 1 is 1.44 bits per heavy atom. The lowest BCUT2D eigenvalue weighted by molar-refractivity contribution is -0.128. The van der Waals surface area contributed by atoms with Crippen molar-refractivity contribution in [2.75, 3.05) is 6.61 Å².